The first-order chi connectivity index (χ1) is 7.77. The zero-order valence-electron chi connectivity index (χ0n) is 9.27. The highest BCUT2D eigenvalue weighted by molar-refractivity contribution is 5.88. The van der Waals surface area contributed by atoms with Gasteiger partial charge in [-0.3, -0.25) is 4.98 Å². The van der Waals surface area contributed by atoms with Crippen LogP contribution in [0.15, 0.2) is 18.3 Å². The number of esters is 1. The summed E-state index contributed by atoms with van der Waals surface area (Å²) in [6.45, 7) is 1.56. The summed E-state index contributed by atoms with van der Waals surface area (Å²) in [5, 5.41) is 11.7. The molecule has 0 spiro atoms. The Balaban J connectivity index is 2.42. The van der Waals surface area contributed by atoms with E-state index in [9.17, 15) is 4.79 Å². The lowest BCUT2D eigenvalue weighted by Crippen LogP contribution is -2.16. The van der Waals surface area contributed by atoms with Crippen molar-refractivity contribution in [3.8, 4) is 0 Å². The lowest BCUT2D eigenvalue weighted by atomic mass is 10.2. The lowest BCUT2D eigenvalue weighted by molar-refractivity contribution is 0.0600. The minimum absolute atomic E-state index is 0.182. The maximum Gasteiger partial charge on any atom is 0.339 e. The fourth-order valence-electron chi connectivity index (χ4n) is 1.19. The smallest absolute Gasteiger partial charge is 0.339 e. The van der Waals surface area contributed by atoms with Gasteiger partial charge >= 0.3 is 5.97 Å². The van der Waals surface area contributed by atoms with E-state index >= 15 is 0 Å². The van der Waals surface area contributed by atoms with E-state index in [0.29, 0.717) is 12.1 Å². The summed E-state index contributed by atoms with van der Waals surface area (Å²) < 4.78 is 4.57. The molecule has 1 aromatic heterocycles. The molecule has 0 radical (unpaired) electrons. The summed E-state index contributed by atoms with van der Waals surface area (Å²) in [5.41, 5.74) is 1.30. The van der Waals surface area contributed by atoms with E-state index in [2.05, 4.69) is 15.0 Å². The first kappa shape index (κ1) is 12.6. The Bertz CT molecular complexity index is 325. The van der Waals surface area contributed by atoms with Crippen LogP contribution < -0.4 is 5.32 Å². The zero-order valence-corrected chi connectivity index (χ0v) is 9.27. The number of carbonyl (C=O) groups is 1. The minimum Gasteiger partial charge on any atom is -0.465 e. The standard InChI is InChI=1S/C11H16N2O3/c1-16-11(15)9-3-4-10(13-7-9)8-12-5-2-6-14/h3-4,7,12,14H,2,5-6,8H2,1H3. The van der Waals surface area contributed by atoms with E-state index in [1.165, 1.54) is 13.3 Å². The number of aromatic nitrogens is 1. The van der Waals surface area contributed by atoms with Gasteiger partial charge in [-0.25, -0.2) is 4.79 Å². The Kier molecular flexibility index (Phi) is 5.45. The predicted molar refractivity (Wildman–Crippen MR) is 59.0 cm³/mol. The molecular formula is C11H16N2O3. The van der Waals surface area contributed by atoms with Crippen molar-refractivity contribution in [2.45, 2.75) is 13.0 Å². The van der Waals surface area contributed by atoms with Crippen LogP contribution in [0.3, 0.4) is 0 Å². The second-order valence-corrected chi connectivity index (χ2v) is 3.28. The molecule has 16 heavy (non-hydrogen) atoms. The highest BCUT2D eigenvalue weighted by Crippen LogP contribution is 2.01. The highest BCUT2D eigenvalue weighted by atomic mass is 16.5. The van der Waals surface area contributed by atoms with E-state index in [4.69, 9.17) is 5.11 Å². The molecule has 0 atom stereocenters. The first-order valence-corrected chi connectivity index (χ1v) is 5.12. The number of nitrogens with one attached hydrogen (secondary N) is 1. The Morgan fingerprint density at radius 1 is 1.56 bits per heavy atom. The molecule has 0 saturated heterocycles. The molecule has 2 N–H and O–H groups in total. The van der Waals surface area contributed by atoms with Gasteiger partial charge in [0.2, 0.25) is 0 Å². The van der Waals surface area contributed by atoms with Crippen LogP contribution in [0.1, 0.15) is 22.5 Å². The molecule has 0 amide bonds. The second-order valence-electron chi connectivity index (χ2n) is 3.28. The largest absolute Gasteiger partial charge is 0.465 e. The summed E-state index contributed by atoms with van der Waals surface area (Å²) >= 11 is 0. The average Bonchev–Trinajstić information content (AvgIpc) is 2.34. The van der Waals surface area contributed by atoms with Gasteiger partial charge in [0.15, 0.2) is 0 Å². The third kappa shape index (κ3) is 3.96. The lowest BCUT2D eigenvalue weighted by Gasteiger charge is -2.03. The number of hydrogen-bond donors (Lipinski definition) is 2. The van der Waals surface area contributed by atoms with Gasteiger partial charge in [0, 0.05) is 19.3 Å². The fraction of sp³-hybridized carbons (Fsp3) is 0.455. The van der Waals surface area contributed by atoms with E-state index in [-0.39, 0.29) is 12.6 Å². The maximum absolute atomic E-state index is 11.1. The molecule has 88 valence electrons. The van der Waals surface area contributed by atoms with Crippen LogP contribution in [0.2, 0.25) is 0 Å². The molecule has 0 aromatic carbocycles. The normalized spacial score (nSPS) is 10.1. The molecule has 0 unspecified atom stereocenters. The fourth-order valence-corrected chi connectivity index (χ4v) is 1.19. The van der Waals surface area contributed by atoms with Crippen molar-refractivity contribution in [2.75, 3.05) is 20.3 Å². The third-order valence-corrected chi connectivity index (χ3v) is 2.06. The Morgan fingerprint density at radius 2 is 2.38 bits per heavy atom. The minimum atomic E-state index is -0.382. The number of carbonyl (C=O) groups excluding carboxylic acids is 1. The third-order valence-electron chi connectivity index (χ3n) is 2.06. The molecule has 5 nitrogen and oxygen atoms in total. The van der Waals surface area contributed by atoms with Gasteiger partial charge in [0.1, 0.15) is 0 Å². The van der Waals surface area contributed by atoms with Crippen molar-refractivity contribution in [1.29, 1.82) is 0 Å². The van der Waals surface area contributed by atoms with Gasteiger partial charge in [-0.1, -0.05) is 0 Å². The van der Waals surface area contributed by atoms with E-state index in [1.807, 2.05) is 0 Å². The number of methoxy groups -OCH3 is 1. The average molecular weight is 224 g/mol. The van der Waals surface area contributed by atoms with Crippen LogP contribution in [-0.4, -0.2) is 36.3 Å². The van der Waals surface area contributed by atoms with Crippen LogP contribution in [0.4, 0.5) is 0 Å². The van der Waals surface area contributed by atoms with Gasteiger partial charge in [-0.2, -0.15) is 0 Å². The topological polar surface area (TPSA) is 71.5 Å². The van der Waals surface area contributed by atoms with Crippen molar-refractivity contribution >= 4 is 5.97 Å². The molecule has 1 heterocycles. The van der Waals surface area contributed by atoms with Crippen molar-refractivity contribution in [2.24, 2.45) is 0 Å². The summed E-state index contributed by atoms with van der Waals surface area (Å²) in [7, 11) is 1.34. The maximum atomic E-state index is 11.1. The summed E-state index contributed by atoms with van der Waals surface area (Å²) in [6.07, 6.45) is 2.22. The van der Waals surface area contributed by atoms with E-state index in [1.54, 1.807) is 12.1 Å². The number of nitrogens with zero attached hydrogens (tertiary/aromatic N) is 1. The molecular weight excluding hydrogens is 208 g/mol. The number of aliphatic hydroxyl groups excluding tert-OH is 1. The second kappa shape index (κ2) is 6.92. The number of aliphatic hydroxyl groups is 1. The molecule has 0 fully saturated rings. The molecule has 0 aliphatic heterocycles. The molecule has 0 bridgehead atoms. The molecule has 1 aromatic rings. The van der Waals surface area contributed by atoms with Crippen molar-refractivity contribution in [3.05, 3.63) is 29.6 Å². The first-order valence-electron chi connectivity index (χ1n) is 5.12. The number of rotatable bonds is 6. The summed E-state index contributed by atoms with van der Waals surface area (Å²) in [5.74, 6) is -0.382. The quantitative estimate of drug-likeness (QED) is 0.538. The van der Waals surface area contributed by atoms with Gasteiger partial charge < -0.3 is 15.2 Å². The van der Waals surface area contributed by atoms with Crippen molar-refractivity contribution < 1.29 is 14.6 Å². The van der Waals surface area contributed by atoms with Crippen LogP contribution in [0, 0.1) is 0 Å². The highest BCUT2D eigenvalue weighted by Gasteiger charge is 2.04. The molecule has 0 aliphatic rings. The Hall–Kier alpha value is -1.46. The van der Waals surface area contributed by atoms with Gasteiger partial charge in [0.05, 0.1) is 18.4 Å². The Labute approximate surface area is 94.5 Å². The van der Waals surface area contributed by atoms with Gasteiger partial charge in [-0.15, -0.1) is 0 Å². The van der Waals surface area contributed by atoms with E-state index < -0.39 is 0 Å². The Morgan fingerprint density at radius 3 is 2.94 bits per heavy atom. The molecule has 1 rings (SSSR count). The zero-order chi connectivity index (χ0) is 11.8. The van der Waals surface area contributed by atoms with Crippen LogP contribution in [-0.2, 0) is 11.3 Å². The predicted octanol–water partition coefficient (Wildman–Crippen LogP) is 0.340. The van der Waals surface area contributed by atoms with Crippen molar-refractivity contribution in [1.82, 2.24) is 10.3 Å². The number of hydrogen-bond acceptors (Lipinski definition) is 5. The summed E-state index contributed by atoms with van der Waals surface area (Å²) in [4.78, 5) is 15.2. The number of ether oxygens (including phenoxy) is 1. The monoisotopic (exact) mass is 224 g/mol. The number of pyridine rings is 1. The SMILES string of the molecule is COC(=O)c1ccc(CNCCCO)nc1. The molecule has 0 saturated carbocycles. The van der Waals surface area contributed by atoms with Crippen molar-refractivity contribution in [3.63, 3.8) is 0 Å². The van der Waals surface area contributed by atoms with E-state index in [0.717, 1.165) is 18.7 Å². The van der Waals surface area contributed by atoms with Gasteiger partial charge in [-0.05, 0) is 25.1 Å². The van der Waals surface area contributed by atoms with Crippen LogP contribution >= 0.6 is 0 Å². The summed E-state index contributed by atoms with van der Waals surface area (Å²) in [6, 6.07) is 3.46. The molecule has 0 aliphatic carbocycles. The van der Waals surface area contributed by atoms with Crippen LogP contribution in [0.5, 0.6) is 0 Å². The van der Waals surface area contributed by atoms with Gasteiger partial charge in [0.25, 0.3) is 0 Å². The molecule has 5 heteroatoms. The van der Waals surface area contributed by atoms with Crippen LogP contribution in [0.25, 0.3) is 0 Å².